The summed E-state index contributed by atoms with van der Waals surface area (Å²) in [5.74, 6) is 1.91. The zero-order valence-corrected chi connectivity index (χ0v) is 10.2. The van der Waals surface area contributed by atoms with E-state index in [9.17, 15) is 4.79 Å². The Morgan fingerprint density at radius 3 is 2.06 bits per heavy atom. The van der Waals surface area contributed by atoms with Crippen molar-refractivity contribution in [2.24, 2.45) is 0 Å². The van der Waals surface area contributed by atoms with Crippen LogP contribution in [0.1, 0.15) is 12.8 Å². The van der Waals surface area contributed by atoms with E-state index in [1.807, 2.05) is 18.2 Å². The van der Waals surface area contributed by atoms with Crippen molar-refractivity contribution in [3.63, 3.8) is 0 Å². The number of rotatable bonds is 3. The summed E-state index contributed by atoms with van der Waals surface area (Å²) in [5.41, 5.74) is 0.949. The van der Waals surface area contributed by atoms with Crippen LogP contribution in [0.2, 0.25) is 0 Å². The molecule has 0 atom stereocenters. The summed E-state index contributed by atoms with van der Waals surface area (Å²) in [5, 5.41) is 0. The molecule has 0 saturated carbocycles. The molecule has 1 aromatic rings. The highest BCUT2D eigenvalue weighted by molar-refractivity contribution is 5.82. The number of ether oxygens (including phenoxy) is 2. The number of nitrogens with zero attached hydrogens (tertiary/aromatic N) is 1. The average molecular weight is 235 g/mol. The van der Waals surface area contributed by atoms with Crippen LogP contribution in [0.3, 0.4) is 0 Å². The van der Waals surface area contributed by atoms with Gasteiger partial charge in [0.1, 0.15) is 23.0 Å². The molecule has 0 N–H and O–H groups in total. The summed E-state index contributed by atoms with van der Waals surface area (Å²) in [7, 11) is 3.29. The number of carbonyl (C=O) groups excluding carboxylic acids is 1. The molecule has 1 aliphatic heterocycles. The minimum atomic E-state index is 0.329. The molecular formula is C13H17NO3. The summed E-state index contributed by atoms with van der Waals surface area (Å²) >= 11 is 0. The number of hydrogen-bond acceptors (Lipinski definition) is 4. The summed E-state index contributed by atoms with van der Waals surface area (Å²) in [6.45, 7) is 1.46. The number of Topliss-reactive ketones (excluding diaryl/α,β-unsaturated/α-hetero) is 1. The Kier molecular flexibility index (Phi) is 3.52. The third-order valence-corrected chi connectivity index (χ3v) is 3.04. The van der Waals surface area contributed by atoms with Crippen molar-refractivity contribution in [2.75, 3.05) is 32.2 Å². The van der Waals surface area contributed by atoms with Gasteiger partial charge in [0.15, 0.2) is 0 Å². The highest BCUT2D eigenvalue weighted by Crippen LogP contribution is 2.38. The van der Waals surface area contributed by atoms with Crippen molar-refractivity contribution < 1.29 is 14.3 Å². The van der Waals surface area contributed by atoms with E-state index in [-0.39, 0.29) is 0 Å². The predicted octanol–water partition coefficient (Wildman–Crippen LogP) is 1.87. The van der Waals surface area contributed by atoms with Crippen molar-refractivity contribution in [1.82, 2.24) is 0 Å². The lowest BCUT2D eigenvalue weighted by atomic mass is 10.1. The molecule has 1 heterocycles. The minimum Gasteiger partial charge on any atom is -0.494 e. The SMILES string of the molecule is COc1cccc(OC)c1N1CCC(=O)CC1. The van der Waals surface area contributed by atoms with E-state index in [0.29, 0.717) is 18.6 Å². The fourth-order valence-electron chi connectivity index (χ4n) is 2.12. The van der Waals surface area contributed by atoms with E-state index >= 15 is 0 Å². The normalized spacial score (nSPS) is 15.9. The maximum absolute atomic E-state index is 11.3. The molecular weight excluding hydrogens is 218 g/mol. The van der Waals surface area contributed by atoms with Crippen LogP contribution in [-0.2, 0) is 4.79 Å². The Bertz CT molecular complexity index is 385. The van der Waals surface area contributed by atoms with Crippen molar-refractivity contribution in [1.29, 1.82) is 0 Å². The van der Waals surface area contributed by atoms with Gasteiger partial charge in [-0.15, -0.1) is 0 Å². The number of methoxy groups -OCH3 is 2. The fourth-order valence-corrected chi connectivity index (χ4v) is 2.12. The van der Waals surface area contributed by atoms with E-state index in [1.165, 1.54) is 0 Å². The molecule has 4 nitrogen and oxygen atoms in total. The zero-order valence-electron chi connectivity index (χ0n) is 10.2. The summed E-state index contributed by atoms with van der Waals surface area (Å²) < 4.78 is 10.7. The Labute approximate surface area is 101 Å². The van der Waals surface area contributed by atoms with Gasteiger partial charge in [-0.2, -0.15) is 0 Å². The Morgan fingerprint density at radius 2 is 1.59 bits per heavy atom. The molecule has 0 spiro atoms. The molecule has 0 bridgehead atoms. The number of piperidine rings is 1. The van der Waals surface area contributed by atoms with Gasteiger partial charge in [0.25, 0.3) is 0 Å². The minimum absolute atomic E-state index is 0.329. The molecule has 2 rings (SSSR count). The van der Waals surface area contributed by atoms with Crippen molar-refractivity contribution in [3.8, 4) is 11.5 Å². The predicted molar refractivity (Wildman–Crippen MR) is 66.0 cm³/mol. The van der Waals surface area contributed by atoms with Gasteiger partial charge in [0.2, 0.25) is 0 Å². The van der Waals surface area contributed by atoms with E-state index < -0.39 is 0 Å². The van der Waals surface area contributed by atoms with Gasteiger partial charge in [-0.3, -0.25) is 4.79 Å². The lowest BCUT2D eigenvalue weighted by molar-refractivity contribution is -0.119. The number of para-hydroxylation sites is 1. The monoisotopic (exact) mass is 235 g/mol. The highest BCUT2D eigenvalue weighted by Gasteiger charge is 2.22. The largest absolute Gasteiger partial charge is 0.494 e. The average Bonchev–Trinajstić information content (AvgIpc) is 2.38. The smallest absolute Gasteiger partial charge is 0.145 e. The van der Waals surface area contributed by atoms with Gasteiger partial charge in [-0.25, -0.2) is 0 Å². The van der Waals surface area contributed by atoms with Gasteiger partial charge < -0.3 is 14.4 Å². The summed E-state index contributed by atoms with van der Waals surface area (Å²) in [6.07, 6.45) is 1.20. The van der Waals surface area contributed by atoms with E-state index in [0.717, 1.165) is 30.3 Å². The van der Waals surface area contributed by atoms with Crippen LogP contribution >= 0.6 is 0 Å². The van der Waals surface area contributed by atoms with Crippen LogP contribution in [0.5, 0.6) is 11.5 Å². The maximum atomic E-state index is 11.3. The third-order valence-electron chi connectivity index (χ3n) is 3.04. The molecule has 17 heavy (non-hydrogen) atoms. The second-order valence-electron chi connectivity index (χ2n) is 4.04. The summed E-state index contributed by atoms with van der Waals surface area (Å²) in [4.78, 5) is 13.4. The third kappa shape index (κ3) is 2.35. The molecule has 0 amide bonds. The molecule has 4 heteroatoms. The number of carbonyl (C=O) groups is 1. The number of ketones is 1. The lowest BCUT2D eigenvalue weighted by Crippen LogP contribution is -2.34. The van der Waals surface area contributed by atoms with E-state index in [4.69, 9.17) is 9.47 Å². The number of benzene rings is 1. The van der Waals surface area contributed by atoms with Crippen molar-refractivity contribution in [2.45, 2.75) is 12.8 Å². The summed E-state index contributed by atoms with van der Waals surface area (Å²) in [6, 6.07) is 5.72. The van der Waals surface area contributed by atoms with Crippen LogP contribution < -0.4 is 14.4 Å². The van der Waals surface area contributed by atoms with Crippen LogP contribution in [0.15, 0.2) is 18.2 Å². The Balaban J connectivity index is 2.32. The van der Waals surface area contributed by atoms with Gasteiger partial charge in [0.05, 0.1) is 14.2 Å². The van der Waals surface area contributed by atoms with Gasteiger partial charge >= 0.3 is 0 Å². The lowest BCUT2D eigenvalue weighted by Gasteiger charge is -2.30. The second-order valence-corrected chi connectivity index (χ2v) is 4.04. The van der Waals surface area contributed by atoms with E-state index in [1.54, 1.807) is 14.2 Å². The quantitative estimate of drug-likeness (QED) is 0.801. The first-order valence-corrected chi connectivity index (χ1v) is 5.74. The van der Waals surface area contributed by atoms with E-state index in [2.05, 4.69) is 4.90 Å². The standard InChI is InChI=1S/C13H17NO3/c1-16-11-4-3-5-12(17-2)13(11)14-8-6-10(15)7-9-14/h3-5H,6-9H2,1-2H3. The van der Waals surface area contributed by atoms with Crippen LogP contribution in [-0.4, -0.2) is 33.1 Å². The molecule has 0 aliphatic carbocycles. The molecule has 1 aromatic carbocycles. The first kappa shape index (κ1) is 11.8. The molecule has 0 aromatic heterocycles. The number of anilines is 1. The maximum Gasteiger partial charge on any atom is 0.145 e. The van der Waals surface area contributed by atoms with Gasteiger partial charge in [0, 0.05) is 25.9 Å². The zero-order chi connectivity index (χ0) is 12.3. The molecule has 92 valence electrons. The van der Waals surface area contributed by atoms with Crippen molar-refractivity contribution >= 4 is 11.5 Å². The Morgan fingerprint density at radius 1 is 1.06 bits per heavy atom. The van der Waals surface area contributed by atoms with Crippen LogP contribution in [0.25, 0.3) is 0 Å². The molecule has 1 fully saturated rings. The van der Waals surface area contributed by atoms with Crippen LogP contribution in [0, 0.1) is 0 Å². The molecule has 0 radical (unpaired) electrons. The first-order chi connectivity index (χ1) is 8.26. The fraction of sp³-hybridized carbons (Fsp3) is 0.462. The highest BCUT2D eigenvalue weighted by atomic mass is 16.5. The first-order valence-electron chi connectivity index (χ1n) is 5.74. The van der Waals surface area contributed by atoms with Crippen LogP contribution in [0.4, 0.5) is 5.69 Å². The number of hydrogen-bond donors (Lipinski definition) is 0. The molecule has 1 saturated heterocycles. The van der Waals surface area contributed by atoms with Crippen molar-refractivity contribution in [3.05, 3.63) is 18.2 Å². The molecule has 0 unspecified atom stereocenters. The Hall–Kier alpha value is -1.71. The topological polar surface area (TPSA) is 38.8 Å². The molecule has 1 aliphatic rings. The van der Waals surface area contributed by atoms with Gasteiger partial charge in [-0.1, -0.05) is 6.07 Å². The second kappa shape index (κ2) is 5.08. The van der Waals surface area contributed by atoms with Gasteiger partial charge in [-0.05, 0) is 12.1 Å².